The van der Waals surface area contributed by atoms with E-state index in [2.05, 4.69) is 32.9 Å². The van der Waals surface area contributed by atoms with Crippen molar-refractivity contribution < 1.29 is 4.74 Å². The number of aliphatic imine (C=N–C) groups is 1. The second kappa shape index (κ2) is 9.12. The van der Waals surface area contributed by atoms with Crippen molar-refractivity contribution in [3.05, 3.63) is 29.8 Å². The lowest BCUT2D eigenvalue weighted by Crippen LogP contribution is -2.31. The van der Waals surface area contributed by atoms with E-state index in [0.29, 0.717) is 12.4 Å². The van der Waals surface area contributed by atoms with Crippen LogP contribution in [0.4, 0.5) is 0 Å². The molecule has 0 radical (unpaired) electrons. The molecule has 0 saturated heterocycles. The second-order valence-corrected chi connectivity index (χ2v) is 10.9. The molecule has 1 heterocycles. The molecule has 0 amide bonds. The lowest BCUT2D eigenvalue weighted by Gasteiger charge is -2.31. The van der Waals surface area contributed by atoms with E-state index in [0.717, 1.165) is 29.2 Å². The van der Waals surface area contributed by atoms with Crippen molar-refractivity contribution in [2.45, 2.75) is 56.6 Å². The molecule has 160 valence electrons. The zero-order valence-corrected chi connectivity index (χ0v) is 19.6. The molecule has 2 N–H and O–H groups in total. The quantitative estimate of drug-likeness (QED) is 0.369. The van der Waals surface area contributed by atoms with Gasteiger partial charge in [0.1, 0.15) is 22.4 Å². The van der Waals surface area contributed by atoms with Crippen LogP contribution >= 0.6 is 23.5 Å². The Kier molecular flexibility index (Phi) is 6.95. The van der Waals surface area contributed by atoms with Crippen molar-refractivity contribution in [2.75, 3.05) is 18.1 Å². The fourth-order valence-corrected chi connectivity index (χ4v) is 7.98. The number of benzene rings is 1. The molecule has 0 bridgehead atoms. The zero-order chi connectivity index (χ0) is 21.8. The van der Waals surface area contributed by atoms with Crippen LogP contribution in [0.15, 0.2) is 29.3 Å². The van der Waals surface area contributed by atoms with E-state index in [1.807, 2.05) is 24.3 Å². The van der Waals surface area contributed by atoms with Crippen LogP contribution in [0.25, 0.3) is 0 Å². The largest absolute Gasteiger partial charge is 0.494 e. The van der Waals surface area contributed by atoms with Crippen LogP contribution < -0.4 is 10.5 Å². The van der Waals surface area contributed by atoms with Gasteiger partial charge in [-0.1, -0.05) is 52.2 Å². The number of hydrogen-bond acceptors (Lipinski definition) is 7. The number of nitriles is 2. The first-order valence-corrected chi connectivity index (χ1v) is 12.7. The number of nitrogens with zero attached hydrogens (tertiary/aromatic N) is 3. The Bertz CT molecular complexity index is 867. The average molecular weight is 443 g/mol. The maximum Gasteiger partial charge on any atom is 0.175 e. The fourth-order valence-electron chi connectivity index (χ4n) is 4.72. The molecule has 1 aliphatic heterocycles. The molecule has 2 aliphatic rings. The summed E-state index contributed by atoms with van der Waals surface area (Å²) < 4.78 is 5.11. The summed E-state index contributed by atoms with van der Waals surface area (Å²) in [4.78, 5) is 4.73. The Labute approximate surface area is 188 Å². The van der Waals surface area contributed by atoms with Crippen LogP contribution in [0.5, 0.6) is 5.75 Å². The highest BCUT2D eigenvalue weighted by molar-refractivity contribution is 8.18. The number of unbranched alkanes of at least 4 members (excludes halogenated alkanes) is 3. The van der Waals surface area contributed by atoms with Gasteiger partial charge in [0.2, 0.25) is 0 Å². The monoisotopic (exact) mass is 442 g/mol. The average Bonchev–Trinajstić information content (AvgIpc) is 3.33. The molecule has 3 rings (SSSR count). The standard InChI is InChI=1S/C23H30N4OS2/c1-4-7-8-9-14-28-18-12-10-17(11-13-18)19-21(15-24)20(26)27-23(29-5-2,30-6-3)22(19,21)16-25/h10-13,19H,4-9,14H2,1-3H3,(H2,26,27). The number of amidine groups is 1. The van der Waals surface area contributed by atoms with Crippen LogP contribution in [0.3, 0.4) is 0 Å². The Morgan fingerprint density at radius 1 is 1.03 bits per heavy atom. The van der Waals surface area contributed by atoms with E-state index in [1.165, 1.54) is 19.3 Å². The smallest absolute Gasteiger partial charge is 0.175 e. The first-order chi connectivity index (χ1) is 14.5. The van der Waals surface area contributed by atoms with Crippen molar-refractivity contribution in [2.24, 2.45) is 21.6 Å². The summed E-state index contributed by atoms with van der Waals surface area (Å²) in [5.41, 5.74) is 5.29. The molecular weight excluding hydrogens is 412 g/mol. The molecule has 5 nitrogen and oxygen atoms in total. The van der Waals surface area contributed by atoms with E-state index in [-0.39, 0.29) is 5.92 Å². The Balaban J connectivity index is 1.87. The molecule has 3 atom stereocenters. The van der Waals surface area contributed by atoms with Gasteiger partial charge < -0.3 is 10.5 Å². The van der Waals surface area contributed by atoms with Gasteiger partial charge in [0.15, 0.2) is 4.20 Å². The molecule has 30 heavy (non-hydrogen) atoms. The van der Waals surface area contributed by atoms with Crippen LogP contribution in [0.1, 0.15) is 57.9 Å². The van der Waals surface area contributed by atoms with E-state index in [9.17, 15) is 10.5 Å². The van der Waals surface area contributed by atoms with Gasteiger partial charge in [0.25, 0.3) is 0 Å². The highest BCUT2D eigenvalue weighted by Crippen LogP contribution is 2.85. The molecular formula is C23H30N4OS2. The molecule has 3 unspecified atom stereocenters. The number of rotatable bonds is 11. The van der Waals surface area contributed by atoms with E-state index in [4.69, 9.17) is 15.5 Å². The van der Waals surface area contributed by atoms with Gasteiger partial charge in [-0.2, -0.15) is 10.5 Å². The van der Waals surface area contributed by atoms with Gasteiger partial charge in [-0.15, -0.1) is 23.5 Å². The third-order valence-electron chi connectivity index (χ3n) is 6.09. The minimum Gasteiger partial charge on any atom is -0.494 e. The predicted molar refractivity (Wildman–Crippen MR) is 126 cm³/mol. The summed E-state index contributed by atoms with van der Waals surface area (Å²) in [6.45, 7) is 7.00. The number of nitrogens with two attached hydrogens (primary N) is 1. The maximum atomic E-state index is 10.4. The van der Waals surface area contributed by atoms with Gasteiger partial charge in [0.05, 0.1) is 18.7 Å². The second-order valence-electron chi connectivity index (χ2n) is 7.70. The number of fused-ring (bicyclic) bond motifs is 1. The van der Waals surface area contributed by atoms with Crippen molar-refractivity contribution in [3.63, 3.8) is 0 Å². The lowest BCUT2D eigenvalue weighted by atomic mass is 9.97. The van der Waals surface area contributed by atoms with Crippen LogP contribution in [-0.4, -0.2) is 28.2 Å². The Morgan fingerprint density at radius 2 is 1.70 bits per heavy atom. The third kappa shape index (κ3) is 3.18. The molecule has 1 saturated carbocycles. The Hall–Kier alpha value is -1.83. The molecule has 1 aromatic rings. The van der Waals surface area contributed by atoms with Crippen LogP contribution in [0, 0.1) is 33.5 Å². The van der Waals surface area contributed by atoms with E-state index in [1.54, 1.807) is 23.5 Å². The van der Waals surface area contributed by atoms with E-state index >= 15 is 0 Å². The Morgan fingerprint density at radius 3 is 2.23 bits per heavy atom. The van der Waals surface area contributed by atoms with Crippen LogP contribution in [-0.2, 0) is 0 Å². The minimum absolute atomic E-state index is 0.283. The van der Waals surface area contributed by atoms with Gasteiger partial charge in [0, 0.05) is 5.92 Å². The summed E-state index contributed by atoms with van der Waals surface area (Å²) in [6, 6.07) is 12.8. The first kappa shape index (κ1) is 22.8. The lowest BCUT2D eigenvalue weighted by molar-refractivity contribution is 0.305. The van der Waals surface area contributed by atoms with Crippen LogP contribution in [0.2, 0.25) is 0 Å². The van der Waals surface area contributed by atoms with E-state index < -0.39 is 15.0 Å². The van der Waals surface area contributed by atoms with Crippen molar-refractivity contribution >= 4 is 29.4 Å². The molecule has 0 spiro atoms. The summed E-state index contributed by atoms with van der Waals surface area (Å²) in [6.07, 6.45) is 4.66. The minimum atomic E-state index is -1.06. The molecule has 1 fully saturated rings. The summed E-state index contributed by atoms with van der Waals surface area (Å²) in [5.74, 6) is 2.43. The summed E-state index contributed by atoms with van der Waals surface area (Å²) >= 11 is 3.24. The summed E-state index contributed by atoms with van der Waals surface area (Å²) in [5, 5.41) is 20.5. The number of hydrogen-bond donors (Lipinski definition) is 1. The van der Waals surface area contributed by atoms with Gasteiger partial charge in [-0.05, 0) is 35.6 Å². The number of thioether (sulfide) groups is 2. The maximum absolute atomic E-state index is 10.4. The van der Waals surface area contributed by atoms with Gasteiger partial charge >= 0.3 is 0 Å². The molecule has 7 heteroatoms. The highest BCUT2D eigenvalue weighted by Gasteiger charge is 2.91. The molecule has 1 aromatic carbocycles. The van der Waals surface area contributed by atoms with Crippen molar-refractivity contribution in [1.29, 1.82) is 10.5 Å². The van der Waals surface area contributed by atoms with Gasteiger partial charge in [-0.25, -0.2) is 4.99 Å². The fraction of sp³-hybridized carbons (Fsp3) is 0.609. The van der Waals surface area contributed by atoms with Gasteiger partial charge in [-0.3, -0.25) is 0 Å². The highest BCUT2D eigenvalue weighted by atomic mass is 32.2. The zero-order valence-electron chi connectivity index (χ0n) is 18.0. The normalized spacial score (nSPS) is 28.2. The van der Waals surface area contributed by atoms with Crippen molar-refractivity contribution in [3.8, 4) is 17.9 Å². The SMILES string of the molecule is CCCCCCOc1ccc(C2C3(C#N)C(N)=NC(SCC)(SCC)C23C#N)cc1. The van der Waals surface area contributed by atoms with Crippen molar-refractivity contribution in [1.82, 2.24) is 0 Å². The summed E-state index contributed by atoms with van der Waals surface area (Å²) in [7, 11) is 0. The molecule has 1 aliphatic carbocycles. The first-order valence-electron chi connectivity index (χ1n) is 10.7. The predicted octanol–water partition coefficient (Wildman–Crippen LogP) is 5.29. The molecule has 0 aromatic heterocycles. The topological polar surface area (TPSA) is 95.2 Å². The third-order valence-corrected chi connectivity index (χ3v) is 8.98. The number of ether oxygens (including phenoxy) is 1.